The number of hydrogen-bond donors (Lipinski definition) is 1. The quantitative estimate of drug-likeness (QED) is 0.797. The molecule has 2 aromatic carbocycles. The van der Waals surface area contributed by atoms with Crippen LogP contribution in [0.4, 0.5) is 0 Å². The first kappa shape index (κ1) is 18.0. The topological polar surface area (TPSA) is 57.2 Å². The van der Waals surface area contributed by atoms with Crippen LogP contribution in [-0.2, 0) is 32.2 Å². The van der Waals surface area contributed by atoms with Crippen molar-refractivity contribution in [3.05, 3.63) is 71.8 Å². The van der Waals surface area contributed by atoms with Gasteiger partial charge in [-0.1, -0.05) is 60.7 Å². The van der Waals surface area contributed by atoms with Gasteiger partial charge in [0.15, 0.2) is 6.29 Å². The number of aliphatic hydroxyl groups excluding tert-OH is 1. The maximum Gasteiger partial charge on any atom is 0.184 e. The van der Waals surface area contributed by atoms with Gasteiger partial charge in [0.1, 0.15) is 18.3 Å². The van der Waals surface area contributed by atoms with Crippen molar-refractivity contribution in [1.29, 1.82) is 0 Å². The van der Waals surface area contributed by atoms with Gasteiger partial charge in [0.2, 0.25) is 0 Å². The van der Waals surface area contributed by atoms with Gasteiger partial charge in [-0.15, -0.1) is 0 Å². The van der Waals surface area contributed by atoms with E-state index in [4.69, 9.17) is 18.9 Å². The number of rotatable bonds is 8. The molecule has 0 saturated carbocycles. The summed E-state index contributed by atoms with van der Waals surface area (Å²) in [5.41, 5.74) is 2.09. The Morgan fingerprint density at radius 1 is 0.840 bits per heavy atom. The molecule has 1 saturated heterocycles. The average molecular weight is 344 g/mol. The van der Waals surface area contributed by atoms with Crippen LogP contribution in [0, 0.1) is 0 Å². The lowest BCUT2D eigenvalue weighted by molar-refractivity contribution is -0.152. The van der Waals surface area contributed by atoms with Gasteiger partial charge >= 0.3 is 0 Å². The van der Waals surface area contributed by atoms with E-state index in [0.29, 0.717) is 19.8 Å². The van der Waals surface area contributed by atoms with E-state index in [9.17, 15) is 5.11 Å². The van der Waals surface area contributed by atoms with Crippen molar-refractivity contribution in [3.63, 3.8) is 0 Å². The van der Waals surface area contributed by atoms with Crippen molar-refractivity contribution in [2.75, 3.05) is 13.7 Å². The Labute approximate surface area is 148 Å². The second kappa shape index (κ2) is 9.08. The molecule has 5 nitrogen and oxygen atoms in total. The third-order valence-electron chi connectivity index (χ3n) is 4.19. The molecule has 0 spiro atoms. The van der Waals surface area contributed by atoms with Gasteiger partial charge in [-0.3, -0.25) is 0 Å². The highest BCUT2D eigenvalue weighted by Crippen LogP contribution is 2.27. The Bertz CT molecular complexity index is 618. The molecule has 0 bridgehead atoms. The largest absolute Gasteiger partial charge is 0.382 e. The lowest BCUT2D eigenvalue weighted by Crippen LogP contribution is -2.38. The first-order valence-electron chi connectivity index (χ1n) is 8.41. The van der Waals surface area contributed by atoms with E-state index < -0.39 is 18.5 Å². The SMILES string of the molecule is COC[C@H]1O[C@H](O)[C@@H](OCc2ccccc2)[C@H]1OCc1ccccc1. The van der Waals surface area contributed by atoms with Gasteiger partial charge < -0.3 is 24.1 Å². The second-order valence-electron chi connectivity index (χ2n) is 6.04. The Morgan fingerprint density at radius 3 is 1.88 bits per heavy atom. The van der Waals surface area contributed by atoms with Crippen molar-refractivity contribution in [2.45, 2.75) is 37.8 Å². The number of ether oxygens (including phenoxy) is 4. The average Bonchev–Trinajstić information content (AvgIpc) is 2.95. The summed E-state index contributed by atoms with van der Waals surface area (Å²) in [5.74, 6) is 0. The van der Waals surface area contributed by atoms with Crippen molar-refractivity contribution < 1.29 is 24.1 Å². The Morgan fingerprint density at radius 2 is 1.36 bits per heavy atom. The van der Waals surface area contributed by atoms with Crippen molar-refractivity contribution in [3.8, 4) is 0 Å². The zero-order valence-corrected chi connectivity index (χ0v) is 14.3. The summed E-state index contributed by atoms with van der Waals surface area (Å²) >= 11 is 0. The molecule has 1 N–H and O–H groups in total. The van der Waals surface area contributed by atoms with E-state index in [-0.39, 0.29) is 6.10 Å². The highest BCUT2D eigenvalue weighted by atomic mass is 16.7. The molecule has 2 aromatic rings. The molecule has 0 aliphatic carbocycles. The van der Waals surface area contributed by atoms with Crippen LogP contribution < -0.4 is 0 Å². The molecular weight excluding hydrogens is 320 g/mol. The molecule has 1 fully saturated rings. The van der Waals surface area contributed by atoms with Crippen LogP contribution in [0.15, 0.2) is 60.7 Å². The minimum absolute atomic E-state index is 0.335. The van der Waals surface area contributed by atoms with Crippen molar-refractivity contribution in [2.24, 2.45) is 0 Å². The predicted octanol–water partition coefficient (Wildman–Crippen LogP) is 2.52. The molecule has 4 atom stereocenters. The van der Waals surface area contributed by atoms with E-state index in [2.05, 4.69) is 0 Å². The standard InChI is InChI=1S/C20H24O5/c1-22-14-17-18(23-12-15-8-4-2-5-9-15)19(20(21)25-17)24-13-16-10-6-3-7-11-16/h2-11,17-21H,12-14H2,1H3/t17-,18+,19+,20+/m1/s1. The molecule has 1 heterocycles. The van der Waals surface area contributed by atoms with Crippen LogP contribution in [0.5, 0.6) is 0 Å². The second-order valence-corrected chi connectivity index (χ2v) is 6.04. The zero-order valence-electron chi connectivity index (χ0n) is 14.3. The van der Waals surface area contributed by atoms with Crippen LogP contribution in [0.25, 0.3) is 0 Å². The highest BCUT2D eigenvalue weighted by molar-refractivity contribution is 5.14. The Balaban J connectivity index is 1.64. The first-order valence-corrected chi connectivity index (χ1v) is 8.41. The summed E-state index contributed by atoms with van der Waals surface area (Å²) in [6.07, 6.45) is -2.38. The molecule has 0 amide bonds. The van der Waals surface area contributed by atoms with E-state index in [0.717, 1.165) is 11.1 Å². The van der Waals surface area contributed by atoms with Crippen LogP contribution in [-0.4, -0.2) is 43.4 Å². The number of methoxy groups -OCH3 is 1. The maximum absolute atomic E-state index is 10.2. The van der Waals surface area contributed by atoms with Crippen LogP contribution in [0.1, 0.15) is 11.1 Å². The molecule has 1 aliphatic heterocycles. The van der Waals surface area contributed by atoms with Crippen molar-refractivity contribution in [1.82, 2.24) is 0 Å². The molecule has 0 aromatic heterocycles. The predicted molar refractivity (Wildman–Crippen MR) is 92.8 cm³/mol. The molecule has 25 heavy (non-hydrogen) atoms. The first-order chi connectivity index (χ1) is 12.3. The number of hydrogen-bond acceptors (Lipinski definition) is 5. The van der Waals surface area contributed by atoms with Crippen LogP contribution >= 0.6 is 0 Å². The molecular formula is C20H24O5. The molecule has 1 aliphatic rings. The Hall–Kier alpha value is -1.76. The molecule has 3 rings (SSSR count). The highest BCUT2D eigenvalue weighted by Gasteiger charge is 2.45. The van der Waals surface area contributed by atoms with Crippen LogP contribution in [0.2, 0.25) is 0 Å². The van der Waals surface area contributed by atoms with E-state index in [1.165, 1.54) is 0 Å². The summed E-state index contributed by atoms with van der Waals surface area (Å²) < 4.78 is 22.7. The summed E-state index contributed by atoms with van der Waals surface area (Å²) in [4.78, 5) is 0. The molecule has 0 radical (unpaired) electrons. The van der Waals surface area contributed by atoms with Gasteiger partial charge in [-0.05, 0) is 11.1 Å². The van der Waals surface area contributed by atoms with Gasteiger partial charge in [0.05, 0.1) is 19.8 Å². The van der Waals surface area contributed by atoms with Gasteiger partial charge in [0.25, 0.3) is 0 Å². The van der Waals surface area contributed by atoms with E-state index in [1.807, 2.05) is 60.7 Å². The number of benzene rings is 2. The maximum atomic E-state index is 10.2. The van der Waals surface area contributed by atoms with Crippen molar-refractivity contribution >= 4 is 0 Å². The fourth-order valence-corrected chi connectivity index (χ4v) is 2.92. The minimum atomic E-state index is -1.04. The number of aliphatic hydroxyl groups is 1. The van der Waals surface area contributed by atoms with Crippen LogP contribution in [0.3, 0.4) is 0 Å². The minimum Gasteiger partial charge on any atom is -0.382 e. The smallest absolute Gasteiger partial charge is 0.184 e. The molecule has 5 heteroatoms. The van der Waals surface area contributed by atoms with Gasteiger partial charge in [0, 0.05) is 7.11 Å². The normalized spacial score (nSPS) is 26.0. The van der Waals surface area contributed by atoms with E-state index in [1.54, 1.807) is 7.11 Å². The lowest BCUT2D eigenvalue weighted by Gasteiger charge is -2.23. The molecule has 0 unspecified atom stereocenters. The monoisotopic (exact) mass is 344 g/mol. The fraction of sp³-hybridized carbons (Fsp3) is 0.400. The Kier molecular flexibility index (Phi) is 6.55. The summed E-state index contributed by atoms with van der Waals surface area (Å²) in [7, 11) is 1.60. The summed E-state index contributed by atoms with van der Waals surface area (Å²) in [6.45, 7) is 1.14. The zero-order chi connectivity index (χ0) is 17.5. The van der Waals surface area contributed by atoms with Gasteiger partial charge in [-0.2, -0.15) is 0 Å². The lowest BCUT2D eigenvalue weighted by atomic mass is 10.1. The molecule has 134 valence electrons. The van der Waals surface area contributed by atoms with E-state index >= 15 is 0 Å². The third-order valence-corrected chi connectivity index (χ3v) is 4.19. The van der Waals surface area contributed by atoms with Gasteiger partial charge in [-0.25, -0.2) is 0 Å². The third kappa shape index (κ3) is 4.87. The fourth-order valence-electron chi connectivity index (χ4n) is 2.92. The summed E-state index contributed by atoms with van der Waals surface area (Å²) in [5, 5.41) is 10.2. The summed E-state index contributed by atoms with van der Waals surface area (Å²) in [6, 6.07) is 19.7.